The Bertz CT molecular complexity index is 1180. The molecule has 1 fully saturated rings. The van der Waals surface area contributed by atoms with Gasteiger partial charge >= 0.3 is 5.97 Å². The van der Waals surface area contributed by atoms with Crippen LogP contribution in [0, 0.1) is 12.8 Å². The molecule has 1 aliphatic heterocycles. The molecule has 32 heavy (non-hydrogen) atoms. The smallest absolute Gasteiger partial charge is 0.308 e. The molecule has 0 atom stereocenters. The molecule has 8 heteroatoms. The maximum Gasteiger partial charge on any atom is 0.308 e. The van der Waals surface area contributed by atoms with Crippen molar-refractivity contribution in [2.45, 2.75) is 43.5 Å². The number of hydrogen-bond acceptors (Lipinski definition) is 6. The van der Waals surface area contributed by atoms with Crippen LogP contribution in [-0.2, 0) is 24.2 Å². The van der Waals surface area contributed by atoms with Gasteiger partial charge in [-0.05, 0) is 50.8 Å². The first-order chi connectivity index (χ1) is 15.3. The predicted octanol–water partition coefficient (Wildman–Crippen LogP) is 3.41. The van der Waals surface area contributed by atoms with Crippen LogP contribution in [0.25, 0.3) is 5.70 Å². The van der Waals surface area contributed by atoms with Crippen LogP contribution >= 0.6 is 0 Å². The molecule has 1 amide bonds. The lowest BCUT2D eigenvalue weighted by Crippen LogP contribution is -2.35. The molecule has 2 N–H and O–H groups in total. The number of benzene rings is 2. The SMILES string of the molecule is COC(=O)C1CCC(NC2=C(C(=O)Nc3ccc(C)cc3)S(=O)(=O)c3ccccc32)CC1. The van der Waals surface area contributed by atoms with Crippen LogP contribution in [0.3, 0.4) is 0 Å². The van der Waals surface area contributed by atoms with Crippen LogP contribution in [0.5, 0.6) is 0 Å². The van der Waals surface area contributed by atoms with Gasteiger partial charge in [0.25, 0.3) is 5.91 Å². The summed E-state index contributed by atoms with van der Waals surface area (Å²) in [6.07, 6.45) is 2.66. The highest BCUT2D eigenvalue weighted by Gasteiger charge is 2.41. The van der Waals surface area contributed by atoms with Crippen molar-refractivity contribution in [2.24, 2.45) is 5.92 Å². The number of aryl methyl sites for hydroxylation is 1. The lowest BCUT2D eigenvalue weighted by atomic mass is 9.86. The molecule has 0 saturated heterocycles. The van der Waals surface area contributed by atoms with Gasteiger partial charge in [-0.1, -0.05) is 35.9 Å². The molecule has 7 nitrogen and oxygen atoms in total. The van der Waals surface area contributed by atoms with Crippen molar-refractivity contribution >= 4 is 33.1 Å². The number of anilines is 1. The molecular formula is C24H26N2O5S. The third-order valence-electron chi connectivity index (χ3n) is 6.07. The quantitative estimate of drug-likeness (QED) is 0.672. The Morgan fingerprint density at radius 1 is 0.969 bits per heavy atom. The van der Waals surface area contributed by atoms with Crippen LogP contribution in [0.4, 0.5) is 5.69 Å². The molecule has 1 saturated carbocycles. The lowest BCUT2D eigenvalue weighted by molar-refractivity contribution is -0.146. The fourth-order valence-electron chi connectivity index (χ4n) is 4.32. The van der Waals surface area contributed by atoms with E-state index < -0.39 is 15.7 Å². The highest BCUT2D eigenvalue weighted by molar-refractivity contribution is 7.97. The number of carbonyl (C=O) groups excluding carboxylic acids is 2. The van der Waals surface area contributed by atoms with Crippen LogP contribution in [0.2, 0.25) is 0 Å². The van der Waals surface area contributed by atoms with Gasteiger partial charge in [0, 0.05) is 17.3 Å². The maximum absolute atomic E-state index is 13.3. The van der Waals surface area contributed by atoms with Gasteiger partial charge in [-0.15, -0.1) is 0 Å². The summed E-state index contributed by atoms with van der Waals surface area (Å²) in [5, 5.41) is 6.04. The first kappa shape index (κ1) is 22.1. The zero-order valence-electron chi connectivity index (χ0n) is 18.1. The molecule has 168 valence electrons. The second-order valence-corrected chi connectivity index (χ2v) is 10.1. The van der Waals surface area contributed by atoms with Crippen LogP contribution in [-0.4, -0.2) is 33.4 Å². The zero-order valence-corrected chi connectivity index (χ0v) is 18.9. The molecule has 1 aliphatic carbocycles. The van der Waals surface area contributed by atoms with Gasteiger partial charge in [0.2, 0.25) is 9.84 Å². The van der Waals surface area contributed by atoms with Gasteiger partial charge in [-0.3, -0.25) is 9.59 Å². The number of esters is 1. The predicted molar refractivity (Wildman–Crippen MR) is 121 cm³/mol. The monoisotopic (exact) mass is 454 g/mol. The number of fused-ring (bicyclic) bond motifs is 1. The van der Waals surface area contributed by atoms with E-state index in [0.717, 1.165) is 5.56 Å². The van der Waals surface area contributed by atoms with Crippen molar-refractivity contribution in [3.63, 3.8) is 0 Å². The summed E-state index contributed by atoms with van der Waals surface area (Å²) >= 11 is 0. The van der Waals surface area contributed by atoms with Crippen LogP contribution < -0.4 is 10.6 Å². The van der Waals surface area contributed by atoms with Crippen molar-refractivity contribution in [1.82, 2.24) is 5.32 Å². The minimum Gasteiger partial charge on any atom is -0.469 e. The number of sulfone groups is 1. The highest BCUT2D eigenvalue weighted by Crippen LogP contribution is 2.39. The zero-order chi connectivity index (χ0) is 22.9. The first-order valence-electron chi connectivity index (χ1n) is 10.6. The minimum absolute atomic E-state index is 0.0468. The fourth-order valence-corrected chi connectivity index (χ4v) is 5.99. The van der Waals surface area contributed by atoms with Crippen molar-refractivity contribution in [3.05, 3.63) is 64.6 Å². The van der Waals surface area contributed by atoms with Crippen LogP contribution in [0.1, 0.15) is 36.8 Å². The van der Waals surface area contributed by atoms with E-state index in [0.29, 0.717) is 42.6 Å². The standard InChI is InChI=1S/C24H26N2O5S/c1-15-7-11-18(12-8-15)26-23(27)22-21(19-5-3-4-6-20(19)32(22,29)30)25-17-13-9-16(10-14-17)24(28)31-2/h3-8,11-12,16-17,25H,9-10,13-14H2,1-2H3,(H,26,27). The van der Waals surface area contributed by atoms with Crippen molar-refractivity contribution < 1.29 is 22.7 Å². The Hall–Kier alpha value is -3.13. The average Bonchev–Trinajstić information content (AvgIpc) is 3.02. The van der Waals surface area contributed by atoms with Crippen LogP contribution in [0.15, 0.2) is 58.3 Å². The van der Waals surface area contributed by atoms with Gasteiger partial charge in [0.05, 0.1) is 23.6 Å². The first-order valence-corrected chi connectivity index (χ1v) is 12.1. The maximum atomic E-state index is 13.3. The van der Waals surface area contributed by atoms with Gasteiger partial charge in [0.15, 0.2) is 4.91 Å². The summed E-state index contributed by atoms with van der Waals surface area (Å²) < 4.78 is 31.4. The molecule has 2 aromatic carbocycles. The molecule has 2 aliphatic rings. The Labute approximate surface area is 187 Å². The number of methoxy groups -OCH3 is 1. The number of nitrogens with one attached hydrogen (secondary N) is 2. The molecule has 2 aromatic rings. The number of ether oxygens (including phenoxy) is 1. The molecule has 4 rings (SSSR count). The third-order valence-corrected chi connectivity index (χ3v) is 7.93. The Balaban J connectivity index is 1.64. The molecule has 0 radical (unpaired) electrons. The largest absolute Gasteiger partial charge is 0.469 e. The lowest BCUT2D eigenvalue weighted by Gasteiger charge is -2.29. The number of hydrogen-bond donors (Lipinski definition) is 2. The number of carbonyl (C=O) groups is 2. The van der Waals surface area contributed by atoms with Gasteiger partial charge < -0.3 is 15.4 Å². The van der Waals surface area contributed by atoms with E-state index in [2.05, 4.69) is 10.6 Å². The second kappa shape index (κ2) is 8.78. The van der Waals surface area contributed by atoms with E-state index in [9.17, 15) is 18.0 Å². The molecule has 0 aromatic heterocycles. The average molecular weight is 455 g/mol. The molecule has 0 unspecified atom stereocenters. The van der Waals surface area contributed by atoms with E-state index in [-0.39, 0.29) is 27.7 Å². The number of amides is 1. The highest BCUT2D eigenvalue weighted by atomic mass is 32.2. The minimum atomic E-state index is -3.97. The van der Waals surface area contributed by atoms with Gasteiger partial charge in [0.1, 0.15) is 0 Å². The van der Waals surface area contributed by atoms with Gasteiger partial charge in [-0.2, -0.15) is 0 Å². The second-order valence-electron chi connectivity index (χ2n) is 8.24. The van der Waals surface area contributed by atoms with Crippen molar-refractivity contribution in [2.75, 3.05) is 12.4 Å². The summed E-state index contributed by atoms with van der Waals surface area (Å²) in [5.41, 5.74) is 2.38. The summed E-state index contributed by atoms with van der Waals surface area (Å²) in [4.78, 5) is 24.8. The molecular weight excluding hydrogens is 428 g/mol. The van der Waals surface area contributed by atoms with Crippen molar-refractivity contribution in [1.29, 1.82) is 0 Å². The fraction of sp³-hybridized carbons (Fsp3) is 0.333. The Morgan fingerprint density at radius 3 is 2.28 bits per heavy atom. The Morgan fingerprint density at radius 2 is 1.62 bits per heavy atom. The number of rotatable bonds is 5. The summed E-state index contributed by atoms with van der Waals surface area (Å²) in [7, 11) is -2.59. The van der Waals surface area contributed by atoms with E-state index in [1.165, 1.54) is 13.2 Å². The topological polar surface area (TPSA) is 102 Å². The van der Waals surface area contributed by atoms with E-state index in [1.807, 2.05) is 19.1 Å². The molecule has 0 spiro atoms. The van der Waals surface area contributed by atoms with E-state index in [1.54, 1.807) is 30.3 Å². The third kappa shape index (κ3) is 4.14. The van der Waals surface area contributed by atoms with E-state index >= 15 is 0 Å². The normalized spacial score (nSPS) is 21.6. The molecule has 0 bridgehead atoms. The van der Waals surface area contributed by atoms with Crippen molar-refractivity contribution in [3.8, 4) is 0 Å². The van der Waals surface area contributed by atoms with Gasteiger partial charge in [-0.25, -0.2) is 8.42 Å². The molecule has 1 heterocycles. The van der Waals surface area contributed by atoms with E-state index in [4.69, 9.17) is 4.74 Å². The summed E-state index contributed by atoms with van der Waals surface area (Å²) in [6, 6.07) is 13.8. The Kier molecular flexibility index (Phi) is 6.06. The summed E-state index contributed by atoms with van der Waals surface area (Å²) in [5.74, 6) is -1.03. The summed E-state index contributed by atoms with van der Waals surface area (Å²) in [6.45, 7) is 1.93.